The summed E-state index contributed by atoms with van der Waals surface area (Å²) in [5.41, 5.74) is 2.88. The van der Waals surface area contributed by atoms with Crippen LogP contribution in [0.1, 0.15) is 21.5 Å². The molecule has 1 aromatic heterocycles. The number of rotatable bonds is 2. The number of halogens is 1. The van der Waals surface area contributed by atoms with Crippen LogP contribution >= 0.6 is 11.6 Å². The van der Waals surface area contributed by atoms with Gasteiger partial charge in [-0.1, -0.05) is 41.9 Å². The summed E-state index contributed by atoms with van der Waals surface area (Å²) in [7, 11) is 0. The topological polar surface area (TPSA) is 30.0 Å². The molecule has 0 N–H and O–H groups in total. The first kappa shape index (κ1) is 12.8. The van der Waals surface area contributed by atoms with Crippen molar-refractivity contribution in [3.63, 3.8) is 0 Å². The highest BCUT2D eigenvalue weighted by Gasteiger charge is 2.14. The third kappa shape index (κ3) is 2.19. The number of ketones is 1. The highest BCUT2D eigenvalue weighted by Crippen LogP contribution is 2.22. The molecule has 2 aromatic carbocycles. The molecular weight excluding hydrogens is 270 g/mol. The Labute approximate surface area is 122 Å². The summed E-state index contributed by atoms with van der Waals surface area (Å²) in [6.07, 6.45) is 1.62. The quantitative estimate of drug-likeness (QED) is 0.651. The monoisotopic (exact) mass is 281 g/mol. The molecule has 0 amide bonds. The Morgan fingerprint density at radius 1 is 1.10 bits per heavy atom. The van der Waals surface area contributed by atoms with E-state index >= 15 is 0 Å². The zero-order valence-electron chi connectivity index (χ0n) is 10.9. The van der Waals surface area contributed by atoms with Gasteiger partial charge in [-0.25, -0.2) is 0 Å². The average molecular weight is 282 g/mol. The van der Waals surface area contributed by atoms with Crippen molar-refractivity contribution in [2.45, 2.75) is 6.92 Å². The first-order valence-electron chi connectivity index (χ1n) is 6.31. The number of para-hydroxylation sites is 1. The van der Waals surface area contributed by atoms with Gasteiger partial charge in [0.15, 0.2) is 5.78 Å². The number of benzene rings is 2. The number of pyridine rings is 1. The molecular formula is C17H12ClNO. The molecule has 0 bridgehead atoms. The van der Waals surface area contributed by atoms with Gasteiger partial charge in [0.05, 0.1) is 5.52 Å². The number of hydrogen-bond donors (Lipinski definition) is 0. The summed E-state index contributed by atoms with van der Waals surface area (Å²) >= 11 is 6.07. The Kier molecular flexibility index (Phi) is 3.25. The molecule has 3 heteroatoms. The van der Waals surface area contributed by atoms with Gasteiger partial charge in [0, 0.05) is 27.7 Å². The molecule has 0 atom stereocenters. The smallest absolute Gasteiger partial charge is 0.194 e. The van der Waals surface area contributed by atoms with Crippen molar-refractivity contribution in [1.29, 1.82) is 0 Å². The van der Waals surface area contributed by atoms with E-state index in [1.54, 1.807) is 24.4 Å². The second-order valence-corrected chi connectivity index (χ2v) is 5.07. The average Bonchev–Trinajstić information content (AvgIpc) is 2.49. The summed E-state index contributed by atoms with van der Waals surface area (Å²) in [5.74, 6) is -0.0525. The minimum Gasteiger partial charge on any atom is -0.289 e. The van der Waals surface area contributed by atoms with Gasteiger partial charge in [-0.2, -0.15) is 0 Å². The molecule has 0 spiro atoms. The van der Waals surface area contributed by atoms with Crippen LogP contribution in [-0.2, 0) is 0 Å². The zero-order valence-corrected chi connectivity index (χ0v) is 11.7. The predicted octanol–water partition coefficient (Wildman–Crippen LogP) is 4.43. The van der Waals surface area contributed by atoms with Gasteiger partial charge in [0.1, 0.15) is 0 Å². The maximum atomic E-state index is 12.6. The van der Waals surface area contributed by atoms with Gasteiger partial charge in [-0.05, 0) is 30.7 Å². The minimum atomic E-state index is -0.0525. The van der Waals surface area contributed by atoms with E-state index in [2.05, 4.69) is 4.98 Å². The van der Waals surface area contributed by atoms with E-state index in [4.69, 9.17) is 11.6 Å². The summed E-state index contributed by atoms with van der Waals surface area (Å²) in [4.78, 5) is 16.9. The first-order chi connectivity index (χ1) is 9.66. The van der Waals surface area contributed by atoms with Crippen LogP contribution in [0.5, 0.6) is 0 Å². The number of aromatic nitrogens is 1. The third-order valence-electron chi connectivity index (χ3n) is 3.36. The van der Waals surface area contributed by atoms with E-state index in [-0.39, 0.29) is 5.78 Å². The van der Waals surface area contributed by atoms with Crippen LogP contribution in [0.2, 0.25) is 5.02 Å². The van der Waals surface area contributed by atoms with Crippen LogP contribution in [0.15, 0.2) is 54.7 Å². The minimum absolute atomic E-state index is 0.0525. The third-order valence-corrected chi connectivity index (χ3v) is 3.77. The van der Waals surface area contributed by atoms with Gasteiger partial charge in [0.25, 0.3) is 0 Å². The predicted molar refractivity (Wildman–Crippen MR) is 81.4 cm³/mol. The molecule has 20 heavy (non-hydrogen) atoms. The standard InChI is InChI=1S/C17H12ClNO/c1-11-14(6-4-7-15(11)18)17(20)13-9-12-5-2-3-8-16(12)19-10-13/h2-10H,1H3. The van der Waals surface area contributed by atoms with E-state index in [9.17, 15) is 4.79 Å². The zero-order chi connectivity index (χ0) is 14.1. The SMILES string of the molecule is Cc1c(Cl)cccc1C(=O)c1cnc2ccccc2c1. The van der Waals surface area contributed by atoms with Crippen LogP contribution in [0.25, 0.3) is 10.9 Å². The van der Waals surface area contributed by atoms with Crippen molar-refractivity contribution >= 4 is 28.3 Å². The van der Waals surface area contributed by atoms with Crippen LogP contribution in [-0.4, -0.2) is 10.8 Å². The van der Waals surface area contributed by atoms with Gasteiger partial charge in [-0.3, -0.25) is 9.78 Å². The Balaban J connectivity index is 2.10. The van der Waals surface area contributed by atoms with E-state index in [0.29, 0.717) is 16.1 Å². The molecule has 3 rings (SSSR count). The first-order valence-corrected chi connectivity index (χ1v) is 6.69. The number of nitrogens with zero attached hydrogens (tertiary/aromatic N) is 1. The Bertz CT molecular complexity index is 811. The number of carbonyl (C=O) groups is 1. The maximum Gasteiger partial charge on any atom is 0.194 e. The van der Waals surface area contributed by atoms with Crippen molar-refractivity contribution in [3.8, 4) is 0 Å². The second kappa shape index (κ2) is 5.06. The van der Waals surface area contributed by atoms with Gasteiger partial charge >= 0.3 is 0 Å². The Morgan fingerprint density at radius 2 is 1.90 bits per heavy atom. The second-order valence-electron chi connectivity index (χ2n) is 4.66. The summed E-state index contributed by atoms with van der Waals surface area (Å²) in [6, 6.07) is 15.0. The van der Waals surface area contributed by atoms with Crippen LogP contribution in [0.4, 0.5) is 0 Å². The lowest BCUT2D eigenvalue weighted by molar-refractivity contribution is 0.103. The fourth-order valence-corrected chi connectivity index (χ4v) is 2.38. The van der Waals surface area contributed by atoms with Crippen molar-refractivity contribution in [2.24, 2.45) is 0 Å². The normalized spacial score (nSPS) is 10.7. The maximum absolute atomic E-state index is 12.6. The van der Waals surface area contributed by atoms with E-state index in [1.165, 1.54) is 0 Å². The van der Waals surface area contributed by atoms with E-state index < -0.39 is 0 Å². The summed E-state index contributed by atoms with van der Waals surface area (Å²) in [5, 5.41) is 1.56. The van der Waals surface area contributed by atoms with Crippen molar-refractivity contribution in [1.82, 2.24) is 4.98 Å². The van der Waals surface area contributed by atoms with Crippen molar-refractivity contribution in [2.75, 3.05) is 0 Å². The Morgan fingerprint density at radius 3 is 2.75 bits per heavy atom. The van der Waals surface area contributed by atoms with E-state index in [0.717, 1.165) is 16.5 Å². The lowest BCUT2D eigenvalue weighted by atomic mass is 9.99. The molecule has 0 aliphatic rings. The largest absolute Gasteiger partial charge is 0.289 e. The summed E-state index contributed by atoms with van der Waals surface area (Å²) < 4.78 is 0. The molecule has 0 fully saturated rings. The number of fused-ring (bicyclic) bond motifs is 1. The van der Waals surface area contributed by atoms with Crippen LogP contribution < -0.4 is 0 Å². The fourth-order valence-electron chi connectivity index (χ4n) is 2.20. The van der Waals surface area contributed by atoms with Crippen LogP contribution in [0.3, 0.4) is 0 Å². The lowest BCUT2D eigenvalue weighted by Crippen LogP contribution is -2.04. The number of carbonyl (C=O) groups excluding carboxylic acids is 1. The molecule has 3 aromatic rings. The van der Waals surface area contributed by atoms with Crippen molar-refractivity contribution < 1.29 is 4.79 Å². The number of hydrogen-bond acceptors (Lipinski definition) is 2. The lowest BCUT2D eigenvalue weighted by Gasteiger charge is -2.07. The van der Waals surface area contributed by atoms with Crippen molar-refractivity contribution in [3.05, 3.63) is 76.4 Å². The molecule has 0 aliphatic carbocycles. The molecule has 0 saturated carbocycles. The molecule has 0 aliphatic heterocycles. The molecule has 98 valence electrons. The highest BCUT2D eigenvalue weighted by atomic mass is 35.5. The van der Waals surface area contributed by atoms with Gasteiger partial charge < -0.3 is 0 Å². The molecule has 0 unspecified atom stereocenters. The molecule has 1 heterocycles. The van der Waals surface area contributed by atoms with Crippen LogP contribution in [0, 0.1) is 6.92 Å². The summed E-state index contributed by atoms with van der Waals surface area (Å²) in [6.45, 7) is 1.85. The highest BCUT2D eigenvalue weighted by molar-refractivity contribution is 6.32. The Hall–Kier alpha value is -2.19. The fraction of sp³-hybridized carbons (Fsp3) is 0.0588. The van der Waals surface area contributed by atoms with E-state index in [1.807, 2.05) is 37.3 Å². The van der Waals surface area contributed by atoms with Gasteiger partial charge in [0.2, 0.25) is 0 Å². The molecule has 0 radical (unpaired) electrons. The molecule has 2 nitrogen and oxygen atoms in total. The van der Waals surface area contributed by atoms with Gasteiger partial charge in [-0.15, -0.1) is 0 Å². The molecule has 0 saturated heterocycles.